The minimum absolute atomic E-state index is 0.368. The van der Waals surface area contributed by atoms with Crippen molar-refractivity contribution in [1.29, 1.82) is 0 Å². The highest BCUT2D eigenvalue weighted by molar-refractivity contribution is 5.79. The molecule has 1 atom stereocenters. The summed E-state index contributed by atoms with van der Waals surface area (Å²) in [5.41, 5.74) is 2.42. The molecule has 5 heteroatoms. The van der Waals surface area contributed by atoms with Gasteiger partial charge >= 0.3 is 0 Å². The number of guanidine groups is 1. The van der Waals surface area contributed by atoms with Crippen molar-refractivity contribution in [2.45, 2.75) is 26.9 Å². The maximum Gasteiger partial charge on any atom is 0.191 e. The summed E-state index contributed by atoms with van der Waals surface area (Å²) in [6.45, 7) is 8.00. The topological polar surface area (TPSA) is 58.5 Å². The molecule has 0 aliphatic rings. The first-order valence-electron chi connectivity index (χ1n) is 9.30. The lowest BCUT2D eigenvalue weighted by Gasteiger charge is -2.14. The number of benzene rings is 1. The zero-order valence-electron chi connectivity index (χ0n) is 15.8. The van der Waals surface area contributed by atoms with Crippen molar-refractivity contribution in [2.75, 3.05) is 26.2 Å². The number of nitrogens with zero attached hydrogens (tertiary/aromatic N) is 2. The summed E-state index contributed by atoms with van der Waals surface area (Å²) in [6, 6.07) is 14.3. The van der Waals surface area contributed by atoms with Crippen LogP contribution in [0.1, 0.15) is 25.0 Å². The fourth-order valence-corrected chi connectivity index (χ4v) is 2.47. The van der Waals surface area contributed by atoms with Gasteiger partial charge < -0.3 is 15.4 Å². The largest absolute Gasteiger partial charge is 0.376 e. The van der Waals surface area contributed by atoms with Crippen LogP contribution in [0.4, 0.5) is 0 Å². The molecule has 2 N–H and O–H groups in total. The lowest BCUT2D eigenvalue weighted by molar-refractivity contribution is 0.0945. The van der Waals surface area contributed by atoms with Crippen LogP contribution in [0.3, 0.4) is 0 Å². The average Bonchev–Trinajstić information content (AvgIpc) is 2.68. The van der Waals surface area contributed by atoms with Gasteiger partial charge in [0.15, 0.2) is 5.96 Å². The number of hydrogen-bond donors (Lipinski definition) is 2. The van der Waals surface area contributed by atoms with Crippen molar-refractivity contribution in [3.8, 4) is 0 Å². The summed E-state index contributed by atoms with van der Waals surface area (Å²) < 4.78 is 5.80. The minimum Gasteiger partial charge on any atom is -0.376 e. The smallest absolute Gasteiger partial charge is 0.191 e. The van der Waals surface area contributed by atoms with Crippen molar-refractivity contribution in [3.63, 3.8) is 0 Å². The van der Waals surface area contributed by atoms with Crippen LogP contribution in [0.15, 0.2) is 59.9 Å². The van der Waals surface area contributed by atoms with Crippen LogP contribution in [0, 0.1) is 5.92 Å². The third kappa shape index (κ3) is 8.12. The van der Waals surface area contributed by atoms with E-state index in [0.717, 1.165) is 32.0 Å². The van der Waals surface area contributed by atoms with Crippen molar-refractivity contribution >= 4 is 5.96 Å². The standard InChI is InChI=1S/C21H30N4O/c1-3-23-21(24-13-11-19-10-7-12-22-15-19)25-14-18(2)16-26-17-20-8-5-4-6-9-20/h4-10,12,15,18H,3,11,13-14,16-17H2,1-2H3,(H2,23,24,25). The van der Waals surface area contributed by atoms with E-state index in [1.165, 1.54) is 11.1 Å². The van der Waals surface area contributed by atoms with Crippen LogP contribution in [0.25, 0.3) is 0 Å². The van der Waals surface area contributed by atoms with Crippen LogP contribution in [-0.4, -0.2) is 37.2 Å². The molecule has 2 aromatic rings. The molecule has 1 aromatic heterocycles. The molecule has 1 heterocycles. The predicted molar refractivity (Wildman–Crippen MR) is 107 cm³/mol. The average molecular weight is 354 g/mol. The van der Waals surface area contributed by atoms with Gasteiger partial charge in [-0.1, -0.05) is 43.3 Å². The molecule has 0 saturated carbocycles. The van der Waals surface area contributed by atoms with E-state index in [9.17, 15) is 0 Å². The molecular weight excluding hydrogens is 324 g/mol. The molecule has 0 spiro atoms. The first-order chi connectivity index (χ1) is 12.8. The maximum atomic E-state index is 5.80. The summed E-state index contributed by atoms with van der Waals surface area (Å²) >= 11 is 0. The van der Waals surface area contributed by atoms with Crippen LogP contribution in [0.2, 0.25) is 0 Å². The second kappa shape index (κ2) is 12.0. The van der Waals surface area contributed by atoms with Crippen LogP contribution < -0.4 is 10.6 Å². The van der Waals surface area contributed by atoms with Gasteiger partial charge in [0.2, 0.25) is 0 Å². The van der Waals surface area contributed by atoms with E-state index in [2.05, 4.69) is 52.7 Å². The fraction of sp³-hybridized carbons (Fsp3) is 0.429. The molecule has 1 unspecified atom stereocenters. The van der Waals surface area contributed by atoms with Crippen LogP contribution >= 0.6 is 0 Å². The first-order valence-corrected chi connectivity index (χ1v) is 9.30. The Morgan fingerprint density at radius 3 is 2.65 bits per heavy atom. The summed E-state index contributed by atoms with van der Waals surface area (Å²) in [6.07, 6.45) is 4.62. The van der Waals surface area contributed by atoms with E-state index in [4.69, 9.17) is 4.74 Å². The number of pyridine rings is 1. The fourth-order valence-electron chi connectivity index (χ4n) is 2.47. The lowest BCUT2D eigenvalue weighted by Crippen LogP contribution is -2.38. The number of aliphatic imine (C=N–C) groups is 1. The summed E-state index contributed by atoms with van der Waals surface area (Å²) in [5, 5.41) is 6.67. The van der Waals surface area contributed by atoms with Gasteiger partial charge in [-0.25, -0.2) is 0 Å². The van der Waals surface area contributed by atoms with Gasteiger partial charge in [-0.3, -0.25) is 9.98 Å². The zero-order valence-corrected chi connectivity index (χ0v) is 15.8. The lowest BCUT2D eigenvalue weighted by atomic mass is 10.2. The molecule has 0 bridgehead atoms. The summed E-state index contributed by atoms with van der Waals surface area (Å²) in [5.74, 6) is 1.22. The molecule has 140 valence electrons. The molecule has 0 amide bonds. The van der Waals surface area contributed by atoms with Crippen LogP contribution in [0.5, 0.6) is 0 Å². The Labute approximate surface area is 156 Å². The van der Waals surface area contributed by atoms with Crippen molar-refractivity contribution in [3.05, 3.63) is 66.0 Å². The Hall–Kier alpha value is -2.40. The van der Waals surface area contributed by atoms with E-state index in [-0.39, 0.29) is 0 Å². The Morgan fingerprint density at radius 2 is 1.92 bits per heavy atom. The number of rotatable bonds is 10. The second-order valence-electron chi connectivity index (χ2n) is 6.36. The molecule has 0 radical (unpaired) electrons. The zero-order chi connectivity index (χ0) is 18.5. The van der Waals surface area contributed by atoms with Gasteiger partial charge in [-0.2, -0.15) is 0 Å². The van der Waals surface area contributed by atoms with Crippen molar-refractivity contribution in [2.24, 2.45) is 10.9 Å². The second-order valence-corrected chi connectivity index (χ2v) is 6.36. The van der Waals surface area contributed by atoms with Gasteiger partial charge in [0, 0.05) is 32.0 Å². The third-order valence-corrected chi connectivity index (χ3v) is 3.85. The molecule has 26 heavy (non-hydrogen) atoms. The van der Waals surface area contributed by atoms with Gasteiger partial charge in [-0.05, 0) is 36.5 Å². The molecule has 0 aliphatic carbocycles. The first kappa shape index (κ1) is 19.9. The number of ether oxygens (including phenoxy) is 1. The number of nitrogens with one attached hydrogen (secondary N) is 2. The highest BCUT2D eigenvalue weighted by Crippen LogP contribution is 2.03. The highest BCUT2D eigenvalue weighted by atomic mass is 16.5. The Morgan fingerprint density at radius 1 is 1.12 bits per heavy atom. The molecule has 0 fully saturated rings. The van der Waals surface area contributed by atoms with Gasteiger partial charge in [-0.15, -0.1) is 0 Å². The van der Waals surface area contributed by atoms with Gasteiger partial charge in [0.05, 0.1) is 13.2 Å². The predicted octanol–water partition coefficient (Wildman–Crippen LogP) is 3.03. The van der Waals surface area contributed by atoms with E-state index in [1.54, 1.807) is 6.20 Å². The third-order valence-electron chi connectivity index (χ3n) is 3.85. The molecule has 2 rings (SSSR count). The molecule has 5 nitrogen and oxygen atoms in total. The highest BCUT2D eigenvalue weighted by Gasteiger charge is 2.04. The van der Waals surface area contributed by atoms with E-state index < -0.39 is 0 Å². The van der Waals surface area contributed by atoms with E-state index >= 15 is 0 Å². The molecular formula is C21H30N4O. The van der Waals surface area contributed by atoms with Crippen molar-refractivity contribution in [1.82, 2.24) is 15.6 Å². The van der Waals surface area contributed by atoms with Crippen molar-refractivity contribution < 1.29 is 4.74 Å². The molecule has 1 aromatic carbocycles. The van der Waals surface area contributed by atoms with Gasteiger partial charge in [0.1, 0.15) is 0 Å². The molecule has 0 aliphatic heterocycles. The van der Waals surface area contributed by atoms with E-state index in [0.29, 0.717) is 19.1 Å². The quantitative estimate of drug-likeness (QED) is 0.509. The van der Waals surface area contributed by atoms with E-state index in [1.807, 2.05) is 30.5 Å². The Kier molecular flexibility index (Phi) is 9.22. The monoisotopic (exact) mass is 354 g/mol. The summed E-state index contributed by atoms with van der Waals surface area (Å²) in [7, 11) is 0. The number of aromatic nitrogens is 1. The molecule has 0 saturated heterocycles. The normalized spacial score (nSPS) is 12.6. The van der Waals surface area contributed by atoms with Gasteiger partial charge in [0.25, 0.3) is 0 Å². The Balaban J connectivity index is 1.69. The minimum atomic E-state index is 0.368. The Bertz CT molecular complexity index is 631. The van der Waals surface area contributed by atoms with Crippen LogP contribution in [-0.2, 0) is 17.8 Å². The summed E-state index contributed by atoms with van der Waals surface area (Å²) in [4.78, 5) is 8.81. The number of hydrogen-bond acceptors (Lipinski definition) is 3. The SMILES string of the molecule is CCNC(=NCC(C)COCc1ccccc1)NCCc1cccnc1. The maximum absolute atomic E-state index is 5.80.